The van der Waals surface area contributed by atoms with Gasteiger partial charge in [-0.05, 0) is 25.8 Å². The molecule has 186 valence electrons. The van der Waals surface area contributed by atoms with Gasteiger partial charge in [-0.2, -0.15) is 0 Å². The highest BCUT2D eigenvalue weighted by atomic mass is 31.2. The van der Waals surface area contributed by atoms with Gasteiger partial charge in [0.15, 0.2) is 12.0 Å². The minimum absolute atomic E-state index is 0.0408. The second kappa shape index (κ2) is 10.8. The van der Waals surface area contributed by atoms with E-state index in [-0.39, 0.29) is 37.8 Å². The number of hydrogen-bond donors (Lipinski definition) is 1. The predicted octanol–water partition coefficient (Wildman–Crippen LogP) is 2.04. The Hall–Kier alpha value is -1.62. The molecular formula is C21H33N2O9P. The first-order valence-corrected chi connectivity index (χ1v) is 12.7. The maximum atomic E-state index is 13.0. The van der Waals surface area contributed by atoms with Crippen LogP contribution in [0.2, 0.25) is 0 Å². The number of unbranched alkanes of at least 4 members (excludes halogenated alkanes) is 2. The summed E-state index contributed by atoms with van der Waals surface area (Å²) in [6.45, 7) is 5.63. The van der Waals surface area contributed by atoms with Crippen LogP contribution in [0.15, 0.2) is 12.3 Å². The molecule has 0 spiro atoms. The predicted molar refractivity (Wildman–Crippen MR) is 116 cm³/mol. The van der Waals surface area contributed by atoms with Crippen molar-refractivity contribution >= 4 is 25.5 Å². The molecule has 0 radical (unpaired) electrons. The molecule has 0 bridgehead atoms. The van der Waals surface area contributed by atoms with Gasteiger partial charge in [-0.15, -0.1) is 0 Å². The van der Waals surface area contributed by atoms with E-state index in [1.54, 1.807) is 13.8 Å². The van der Waals surface area contributed by atoms with E-state index in [1.165, 1.54) is 17.2 Å². The van der Waals surface area contributed by atoms with Crippen LogP contribution in [-0.4, -0.2) is 66.4 Å². The SMILES string of the molecule is CCCCCOC(=O)C(C)CCO[P@]1(=O)OC[C@H]2O[C@@H](N3C=CC(=O)CC3=O)[C@](C)(N)[C@@H]2O1. The van der Waals surface area contributed by atoms with E-state index in [0.717, 1.165) is 19.3 Å². The number of carbonyl (C=O) groups is 3. The third-order valence-corrected chi connectivity index (χ3v) is 7.36. The van der Waals surface area contributed by atoms with Crippen LogP contribution < -0.4 is 5.73 Å². The minimum Gasteiger partial charge on any atom is -0.465 e. The summed E-state index contributed by atoms with van der Waals surface area (Å²) in [6, 6.07) is 0. The lowest BCUT2D eigenvalue weighted by Gasteiger charge is -2.38. The Morgan fingerprint density at radius 2 is 2.12 bits per heavy atom. The number of carbonyl (C=O) groups excluding carboxylic acids is 3. The average molecular weight is 488 g/mol. The van der Waals surface area contributed by atoms with Crippen molar-refractivity contribution in [1.29, 1.82) is 0 Å². The molecule has 2 fully saturated rings. The lowest BCUT2D eigenvalue weighted by molar-refractivity contribution is -0.148. The topological polar surface area (TPSA) is 144 Å². The normalized spacial score (nSPS) is 34.9. The van der Waals surface area contributed by atoms with Gasteiger partial charge in [-0.1, -0.05) is 26.7 Å². The summed E-state index contributed by atoms with van der Waals surface area (Å²) in [6.07, 6.45) is 2.99. The maximum Gasteiger partial charge on any atom is 0.475 e. The molecule has 2 saturated heterocycles. The number of hydrogen-bond acceptors (Lipinski definition) is 10. The number of fused-ring (bicyclic) bond motifs is 1. The molecule has 0 aromatic carbocycles. The molecule has 3 aliphatic rings. The first-order valence-electron chi connectivity index (χ1n) is 11.3. The average Bonchev–Trinajstić information content (AvgIpc) is 3.01. The van der Waals surface area contributed by atoms with Crippen LogP contribution in [0.4, 0.5) is 0 Å². The summed E-state index contributed by atoms with van der Waals surface area (Å²) in [5, 5.41) is 0. The van der Waals surface area contributed by atoms with Crippen molar-refractivity contribution in [3.8, 4) is 0 Å². The van der Waals surface area contributed by atoms with Gasteiger partial charge in [-0.25, -0.2) is 4.57 Å². The molecule has 2 N–H and O–H groups in total. The molecule has 0 aromatic heterocycles. The Morgan fingerprint density at radius 3 is 2.82 bits per heavy atom. The molecule has 0 aromatic rings. The number of esters is 1. The molecule has 11 nitrogen and oxygen atoms in total. The molecular weight excluding hydrogens is 455 g/mol. The van der Waals surface area contributed by atoms with Crippen LogP contribution in [0, 0.1) is 5.92 Å². The number of nitrogens with two attached hydrogens (primary N) is 1. The zero-order chi connectivity index (χ0) is 24.2. The van der Waals surface area contributed by atoms with Crippen molar-refractivity contribution in [2.75, 3.05) is 19.8 Å². The Balaban J connectivity index is 1.53. The summed E-state index contributed by atoms with van der Waals surface area (Å²) in [5.41, 5.74) is 5.21. The number of nitrogens with zero attached hydrogens (tertiary/aromatic N) is 1. The number of allylic oxidation sites excluding steroid dienone is 1. The number of phosphoric ester groups is 1. The van der Waals surface area contributed by atoms with E-state index >= 15 is 0 Å². The quantitative estimate of drug-likeness (QED) is 0.210. The first-order chi connectivity index (χ1) is 15.6. The van der Waals surface area contributed by atoms with Crippen molar-refractivity contribution in [2.45, 2.75) is 76.9 Å². The Labute approximate surface area is 193 Å². The monoisotopic (exact) mass is 488 g/mol. The van der Waals surface area contributed by atoms with Crippen molar-refractivity contribution in [1.82, 2.24) is 4.90 Å². The van der Waals surface area contributed by atoms with Crippen molar-refractivity contribution in [3.63, 3.8) is 0 Å². The molecule has 12 heteroatoms. The number of phosphoric acid groups is 1. The van der Waals surface area contributed by atoms with Gasteiger partial charge < -0.3 is 15.2 Å². The highest BCUT2D eigenvalue weighted by Crippen LogP contribution is 2.57. The van der Waals surface area contributed by atoms with Crippen molar-refractivity contribution in [2.24, 2.45) is 11.7 Å². The van der Waals surface area contributed by atoms with Crippen molar-refractivity contribution in [3.05, 3.63) is 12.3 Å². The number of amides is 1. The van der Waals surface area contributed by atoms with Gasteiger partial charge >= 0.3 is 13.8 Å². The lowest BCUT2D eigenvalue weighted by Crippen LogP contribution is -2.60. The largest absolute Gasteiger partial charge is 0.475 e. The van der Waals surface area contributed by atoms with E-state index in [4.69, 9.17) is 28.8 Å². The summed E-state index contributed by atoms with van der Waals surface area (Å²) in [4.78, 5) is 37.1. The van der Waals surface area contributed by atoms with Crippen LogP contribution >= 0.6 is 7.82 Å². The molecule has 1 amide bonds. The summed E-state index contributed by atoms with van der Waals surface area (Å²) < 4.78 is 40.5. The van der Waals surface area contributed by atoms with Gasteiger partial charge in [0, 0.05) is 6.20 Å². The second-order valence-electron chi connectivity index (χ2n) is 8.82. The van der Waals surface area contributed by atoms with Crippen LogP contribution in [0.1, 0.15) is 52.9 Å². The zero-order valence-electron chi connectivity index (χ0n) is 19.3. The van der Waals surface area contributed by atoms with Crippen molar-refractivity contribution < 1.29 is 42.0 Å². The molecule has 3 heterocycles. The van der Waals surface area contributed by atoms with Crippen LogP contribution in [-0.2, 0) is 42.0 Å². The maximum absolute atomic E-state index is 13.0. The van der Waals surface area contributed by atoms with Gasteiger partial charge in [0.1, 0.15) is 12.2 Å². The van der Waals surface area contributed by atoms with Crippen LogP contribution in [0.5, 0.6) is 0 Å². The molecule has 6 atom stereocenters. The van der Waals surface area contributed by atoms with Crippen LogP contribution in [0.25, 0.3) is 0 Å². The molecule has 33 heavy (non-hydrogen) atoms. The van der Waals surface area contributed by atoms with E-state index in [2.05, 4.69) is 6.92 Å². The van der Waals surface area contributed by atoms with E-state index in [9.17, 15) is 18.9 Å². The third-order valence-electron chi connectivity index (χ3n) is 5.91. The Kier molecular flexibility index (Phi) is 8.47. The summed E-state index contributed by atoms with van der Waals surface area (Å²) in [7, 11) is -3.96. The molecule has 0 aliphatic carbocycles. The summed E-state index contributed by atoms with van der Waals surface area (Å²) >= 11 is 0. The number of ether oxygens (including phenoxy) is 2. The number of ketones is 1. The van der Waals surface area contributed by atoms with E-state index in [0.29, 0.717) is 6.61 Å². The smallest absolute Gasteiger partial charge is 0.465 e. The zero-order valence-corrected chi connectivity index (χ0v) is 20.2. The Morgan fingerprint density at radius 1 is 1.36 bits per heavy atom. The fourth-order valence-corrected chi connectivity index (χ4v) is 5.38. The fraction of sp³-hybridized carbons (Fsp3) is 0.762. The minimum atomic E-state index is -3.96. The van der Waals surface area contributed by atoms with Gasteiger partial charge in [0.05, 0.1) is 37.7 Å². The first kappa shape index (κ1) is 26.0. The second-order valence-corrected chi connectivity index (χ2v) is 10.4. The number of rotatable bonds is 10. The lowest BCUT2D eigenvalue weighted by atomic mass is 9.92. The highest BCUT2D eigenvalue weighted by Gasteiger charge is 2.60. The molecule has 1 unspecified atom stereocenters. The highest BCUT2D eigenvalue weighted by molar-refractivity contribution is 7.48. The summed E-state index contributed by atoms with van der Waals surface area (Å²) in [5.74, 6) is -1.52. The van der Waals surface area contributed by atoms with Gasteiger partial charge in [-0.3, -0.25) is 32.9 Å². The third kappa shape index (κ3) is 6.09. The standard InChI is InChI=1S/C21H33N2O9P/c1-4-5-6-10-28-19(26)14(2)8-11-29-33(27)30-13-16-18(32-33)21(3,22)20(31-16)23-9-7-15(24)12-17(23)25/h7,9,14,16,18,20H,4-6,8,10-13,22H2,1-3H3/t14?,16-,18-,20-,21-,33-/m1/s1. The molecule has 3 aliphatic heterocycles. The van der Waals surface area contributed by atoms with Crippen LogP contribution in [0.3, 0.4) is 0 Å². The Bertz CT molecular complexity index is 831. The van der Waals surface area contributed by atoms with Gasteiger partial charge in [0.2, 0.25) is 5.91 Å². The van der Waals surface area contributed by atoms with E-state index in [1.807, 2.05) is 0 Å². The fourth-order valence-electron chi connectivity index (χ4n) is 3.88. The molecule has 0 saturated carbocycles. The molecule has 3 rings (SSSR count). The van der Waals surface area contributed by atoms with Gasteiger partial charge in [0.25, 0.3) is 0 Å². The van der Waals surface area contributed by atoms with E-state index < -0.39 is 43.6 Å².